The van der Waals surface area contributed by atoms with Gasteiger partial charge in [-0.25, -0.2) is 4.79 Å². The molecule has 6 atom stereocenters. The summed E-state index contributed by atoms with van der Waals surface area (Å²) >= 11 is 0. The normalized spacial score (nSPS) is 28.4. The lowest BCUT2D eigenvalue weighted by Crippen LogP contribution is -2.59. The summed E-state index contributed by atoms with van der Waals surface area (Å²) in [6.45, 7) is 3.42. The van der Waals surface area contributed by atoms with E-state index in [4.69, 9.17) is 14.2 Å². The van der Waals surface area contributed by atoms with Crippen LogP contribution >= 0.6 is 0 Å². The molecule has 0 amide bonds. The van der Waals surface area contributed by atoms with E-state index in [1.54, 1.807) is 6.92 Å². The first-order valence-corrected chi connectivity index (χ1v) is 9.44. The second-order valence-corrected chi connectivity index (χ2v) is 6.96. The fourth-order valence-corrected chi connectivity index (χ4v) is 2.89. The van der Waals surface area contributed by atoms with Crippen LogP contribution in [0.5, 0.6) is 11.5 Å². The van der Waals surface area contributed by atoms with E-state index in [1.807, 2.05) is 6.92 Å². The third-order valence-electron chi connectivity index (χ3n) is 4.53. The number of carbonyl (C=O) groups is 1. The van der Waals surface area contributed by atoms with Crippen molar-refractivity contribution in [2.45, 2.75) is 63.5 Å². The molecule has 1 aliphatic heterocycles. The molecule has 1 aromatic rings. The number of aliphatic hydroxyl groups is 3. The van der Waals surface area contributed by atoms with Gasteiger partial charge in [0.2, 0.25) is 0 Å². The first-order valence-electron chi connectivity index (χ1n) is 9.44. The van der Waals surface area contributed by atoms with Crippen LogP contribution in [-0.2, 0) is 19.0 Å². The van der Waals surface area contributed by atoms with Crippen molar-refractivity contribution in [3.8, 4) is 11.5 Å². The summed E-state index contributed by atoms with van der Waals surface area (Å²) in [7, 11) is 0. The van der Waals surface area contributed by atoms with Gasteiger partial charge in [0.15, 0.2) is 17.8 Å². The summed E-state index contributed by atoms with van der Waals surface area (Å²) in [6.07, 6.45) is -2.81. The minimum absolute atomic E-state index is 0.227. The molecule has 1 heterocycles. The first-order chi connectivity index (χ1) is 13.7. The summed E-state index contributed by atoms with van der Waals surface area (Å²) < 4.78 is 16.1. The highest BCUT2D eigenvalue weighted by Gasteiger charge is 2.45. The number of esters is 1. The van der Waals surface area contributed by atoms with E-state index in [1.165, 1.54) is 24.3 Å². The molecule has 1 fully saturated rings. The summed E-state index contributed by atoms with van der Waals surface area (Å²) in [5.74, 6) is -1.35. The van der Waals surface area contributed by atoms with Crippen molar-refractivity contribution in [2.75, 3.05) is 6.61 Å². The molecule has 9 nitrogen and oxygen atoms in total. The Hall–Kier alpha value is -2.17. The molecule has 9 heteroatoms. The Morgan fingerprint density at radius 2 is 1.90 bits per heavy atom. The van der Waals surface area contributed by atoms with E-state index in [-0.39, 0.29) is 24.2 Å². The number of aliphatic hydroxyl groups excluding tert-OH is 3. The molecule has 0 aromatic heterocycles. The monoisotopic (exact) mass is 412 g/mol. The Labute approximate surface area is 168 Å². The summed E-state index contributed by atoms with van der Waals surface area (Å²) in [5.41, 5.74) is 0.461. The SMILES string of the molecule is CCC[C@H](C)O[C@@H]1O[C@H](COC(=O)/C=C/c2ccc(O)c(O)c2)[C@@H](O)[C@H](O)[C@H]1O. The Bertz CT molecular complexity index is 705. The van der Waals surface area contributed by atoms with E-state index in [9.17, 15) is 30.3 Å². The van der Waals surface area contributed by atoms with Gasteiger partial charge in [0.05, 0.1) is 6.10 Å². The zero-order valence-corrected chi connectivity index (χ0v) is 16.3. The van der Waals surface area contributed by atoms with Gasteiger partial charge in [-0.15, -0.1) is 0 Å². The second kappa shape index (κ2) is 10.6. The number of hydrogen-bond acceptors (Lipinski definition) is 9. The van der Waals surface area contributed by atoms with Gasteiger partial charge in [0, 0.05) is 6.08 Å². The minimum atomic E-state index is -1.51. The van der Waals surface area contributed by atoms with Gasteiger partial charge < -0.3 is 39.7 Å². The lowest BCUT2D eigenvalue weighted by Gasteiger charge is -2.40. The number of aromatic hydroxyl groups is 2. The number of ether oxygens (including phenoxy) is 3. The molecule has 0 bridgehead atoms. The van der Waals surface area contributed by atoms with Crippen molar-refractivity contribution in [1.82, 2.24) is 0 Å². The predicted molar refractivity (Wildman–Crippen MR) is 102 cm³/mol. The van der Waals surface area contributed by atoms with Crippen molar-refractivity contribution in [1.29, 1.82) is 0 Å². The van der Waals surface area contributed by atoms with Crippen LogP contribution in [0.4, 0.5) is 0 Å². The van der Waals surface area contributed by atoms with Gasteiger partial charge >= 0.3 is 5.97 Å². The fourth-order valence-electron chi connectivity index (χ4n) is 2.89. The van der Waals surface area contributed by atoms with Crippen LogP contribution in [0.2, 0.25) is 0 Å². The van der Waals surface area contributed by atoms with Crippen molar-refractivity contribution in [2.24, 2.45) is 0 Å². The number of hydrogen-bond donors (Lipinski definition) is 5. The first kappa shape index (κ1) is 23.1. The molecule has 0 saturated carbocycles. The predicted octanol–water partition coefficient (Wildman–Crippen LogP) is 0.667. The van der Waals surface area contributed by atoms with Crippen LogP contribution < -0.4 is 0 Å². The van der Waals surface area contributed by atoms with Gasteiger partial charge in [0.25, 0.3) is 0 Å². The molecular weight excluding hydrogens is 384 g/mol. The van der Waals surface area contributed by atoms with Gasteiger partial charge in [-0.1, -0.05) is 19.4 Å². The molecule has 29 heavy (non-hydrogen) atoms. The molecule has 0 aliphatic carbocycles. The lowest BCUT2D eigenvalue weighted by molar-refractivity contribution is -0.310. The van der Waals surface area contributed by atoms with E-state index < -0.39 is 36.7 Å². The maximum absolute atomic E-state index is 11.9. The molecule has 0 unspecified atom stereocenters. The maximum atomic E-state index is 11.9. The average Bonchev–Trinajstić information content (AvgIpc) is 2.68. The highest BCUT2D eigenvalue weighted by molar-refractivity contribution is 5.87. The van der Waals surface area contributed by atoms with Crippen LogP contribution in [0.25, 0.3) is 6.08 Å². The minimum Gasteiger partial charge on any atom is -0.504 e. The van der Waals surface area contributed by atoms with E-state index in [0.29, 0.717) is 5.56 Å². The lowest BCUT2D eigenvalue weighted by atomic mass is 9.99. The molecule has 5 N–H and O–H groups in total. The molecule has 1 aromatic carbocycles. The van der Waals surface area contributed by atoms with Crippen molar-refractivity contribution >= 4 is 12.0 Å². The maximum Gasteiger partial charge on any atom is 0.330 e. The fraction of sp³-hybridized carbons (Fsp3) is 0.550. The Kier molecular flexibility index (Phi) is 8.42. The average molecular weight is 412 g/mol. The molecule has 0 spiro atoms. The van der Waals surface area contributed by atoms with Gasteiger partial charge in [-0.2, -0.15) is 0 Å². The molecule has 1 aliphatic rings. The number of rotatable bonds is 8. The molecule has 0 radical (unpaired) electrons. The quantitative estimate of drug-likeness (QED) is 0.236. The third-order valence-corrected chi connectivity index (χ3v) is 4.53. The van der Waals surface area contributed by atoms with Crippen molar-refractivity contribution < 1.29 is 44.5 Å². The van der Waals surface area contributed by atoms with E-state index in [2.05, 4.69) is 0 Å². The molecule has 1 saturated heterocycles. The van der Waals surface area contributed by atoms with Crippen LogP contribution in [0, 0.1) is 0 Å². The van der Waals surface area contributed by atoms with Crippen LogP contribution in [0.1, 0.15) is 32.3 Å². The number of phenols is 2. The highest BCUT2D eigenvalue weighted by atomic mass is 16.7. The Balaban J connectivity index is 1.92. The van der Waals surface area contributed by atoms with Crippen molar-refractivity contribution in [3.63, 3.8) is 0 Å². The number of benzene rings is 1. The number of phenolic OH excluding ortho intramolecular Hbond substituents is 2. The van der Waals surface area contributed by atoms with Crippen LogP contribution in [0.3, 0.4) is 0 Å². The molecule has 2 rings (SSSR count). The topological polar surface area (TPSA) is 146 Å². The zero-order valence-electron chi connectivity index (χ0n) is 16.3. The van der Waals surface area contributed by atoms with Crippen molar-refractivity contribution in [3.05, 3.63) is 29.8 Å². The Morgan fingerprint density at radius 1 is 1.17 bits per heavy atom. The third kappa shape index (κ3) is 6.41. The van der Waals surface area contributed by atoms with Crippen LogP contribution in [0.15, 0.2) is 24.3 Å². The van der Waals surface area contributed by atoms with Crippen LogP contribution in [-0.4, -0.2) is 74.9 Å². The summed E-state index contributed by atoms with van der Waals surface area (Å²) in [4.78, 5) is 11.9. The summed E-state index contributed by atoms with van der Waals surface area (Å²) in [5, 5.41) is 48.9. The molecular formula is C20H28O9. The highest BCUT2D eigenvalue weighted by Crippen LogP contribution is 2.26. The van der Waals surface area contributed by atoms with Gasteiger partial charge in [-0.05, 0) is 37.1 Å². The van der Waals surface area contributed by atoms with E-state index >= 15 is 0 Å². The number of carbonyl (C=O) groups excluding carboxylic acids is 1. The largest absolute Gasteiger partial charge is 0.504 e. The van der Waals surface area contributed by atoms with Gasteiger partial charge in [-0.3, -0.25) is 0 Å². The standard InChI is InChI=1S/C20H28O9/c1-3-4-11(2)28-20-19(26)18(25)17(24)15(29-20)10-27-16(23)8-6-12-5-7-13(21)14(22)9-12/h5-9,11,15,17-22,24-26H,3-4,10H2,1-2H3/b8-6+/t11-,15+,17+,18-,19+,20+/m0/s1. The smallest absolute Gasteiger partial charge is 0.330 e. The zero-order chi connectivity index (χ0) is 21.6. The Morgan fingerprint density at radius 3 is 2.55 bits per heavy atom. The summed E-state index contributed by atoms with van der Waals surface area (Å²) in [6, 6.07) is 4.03. The van der Waals surface area contributed by atoms with E-state index in [0.717, 1.165) is 18.9 Å². The molecule has 162 valence electrons. The van der Waals surface area contributed by atoms with Gasteiger partial charge in [0.1, 0.15) is 31.0 Å². The second-order valence-electron chi connectivity index (χ2n) is 6.96.